The van der Waals surface area contributed by atoms with E-state index in [2.05, 4.69) is 43.0 Å². The van der Waals surface area contributed by atoms with E-state index in [9.17, 15) is 0 Å². The van der Waals surface area contributed by atoms with Crippen molar-refractivity contribution in [1.29, 1.82) is 0 Å². The summed E-state index contributed by atoms with van der Waals surface area (Å²) in [5, 5.41) is 0. The van der Waals surface area contributed by atoms with Crippen LogP contribution in [0.2, 0.25) is 0 Å². The lowest BCUT2D eigenvalue weighted by Gasteiger charge is -2.33. The maximum absolute atomic E-state index is 2.62. The Balaban J connectivity index is 2.14. The summed E-state index contributed by atoms with van der Waals surface area (Å²) in [6.07, 6.45) is 27.7. The Morgan fingerprint density at radius 3 is 1.27 bits per heavy atom. The highest BCUT2D eigenvalue weighted by molar-refractivity contribution is 4.96. The lowest BCUT2D eigenvalue weighted by molar-refractivity contribution is 0.138. The fourth-order valence-electron chi connectivity index (χ4n) is 4.10. The second-order valence-corrected chi connectivity index (χ2v) is 8.29. The second-order valence-electron chi connectivity index (χ2n) is 8.29. The summed E-state index contributed by atoms with van der Waals surface area (Å²) in [7, 11) is 0. The number of nitrogens with zero attached hydrogens (tertiary/aromatic N) is 2. The van der Waals surface area contributed by atoms with Gasteiger partial charge in [0.15, 0.2) is 0 Å². The van der Waals surface area contributed by atoms with Gasteiger partial charge in [0.25, 0.3) is 0 Å². The first-order chi connectivity index (χ1) is 12.8. The van der Waals surface area contributed by atoms with Crippen LogP contribution in [0.1, 0.15) is 124 Å². The quantitative estimate of drug-likeness (QED) is 0.230. The van der Waals surface area contributed by atoms with Crippen LogP contribution in [0.15, 0.2) is 12.4 Å². The molecule has 1 atom stereocenters. The van der Waals surface area contributed by atoms with E-state index in [1.807, 2.05) is 0 Å². The molecule has 0 fully saturated rings. The molecule has 26 heavy (non-hydrogen) atoms. The van der Waals surface area contributed by atoms with Crippen molar-refractivity contribution in [1.82, 2.24) is 9.80 Å². The molecule has 1 aliphatic rings. The summed E-state index contributed by atoms with van der Waals surface area (Å²) in [5.74, 6) is 0. The van der Waals surface area contributed by atoms with Gasteiger partial charge in [0.2, 0.25) is 0 Å². The van der Waals surface area contributed by atoms with Crippen molar-refractivity contribution < 1.29 is 0 Å². The lowest BCUT2D eigenvalue weighted by Crippen LogP contribution is -2.39. The molecule has 0 amide bonds. The second kappa shape index (κ2) is 16.5. The molecular weight excluding hydrogens is 316 g/mol. The third-order valence-electron chi connectivity index (χ3n) is 5.80. The summed E-state index contributed by atoms with van der Waals surface area (Å²) in [5.41, 5.74) is 0. The van der Waals surface area contributed by atoms with Crippen molar-refractivity contribution >= 4 is 0 Å². The third kappa shape index (κ3) is 10.5. The number of unbranched alkanes of at least 4 members (excludes halogenated alkanes) is 12. The summed E-state index contributed by atoms with van der Waals surface area (Å²) in [4.78, 5) is 5.24. The van der Waals surface area contributed by atoms with Crippen LogP contribution in [-0.2, 0) is 0 Å². The van der Waals surface area contributed by atoms with Gasteiger partial charge in [-0.05, 0) is 19.3 Å². The van der Waals surface area contributed by atoms with Crippen LogP contribution < -0.4 is 0 Å². The maximum Gasteiger partial charge on any atom is 0.101 e. The van der Waals surface area contributed by atoms with Crippen LogP contribution in [-0.4, -0.2) is 29.1 Å². The summed E-state index contributed by atoms with van der Waals surface area (Å²) in [6, 6.07) is 0. The standard InChI is InChI=1S/C24H48N2/c1-4-7-9-11-13-14-16-18-21-26-23-22-25(24(26)19-6-3)20-17-15-12-10-8-5-2/h22-24H,4-21H2,1-3H3. The molecule has 1 aliphatic heterocycles. The van der Waals surface area contributed by atoms with E-state index in [1.54, 1.807) is 0 Å². The van der Waals surface area contributed by atoms with Gasteiger partial charge in [-0.2, -0.15) is 0 Å². The van der Waals surface area contributed by atoms with Crippen molar-refractivity contribution in [2.75, 3.05) is 13.1 Å². The molecule has 1 heterocycles. The zero-order chi connectivity index (χ0) is 18.9. The van der Waals surface area contributed by atoms with E-state index >= 15 is 0 Å². The van der Waals surface area contributed by atoms with Gasteiger partial charge in [-0.1, -0.05) is 104 Å². The molecule has 0 bridgehead atoms. The Morgan fingerprint density at radius 1 is 0.500 bits per heavy atom. The predicted octanol–water partition coefficient (Wildman–Crippen LogP) is 7.70. The molecule has 0 radical (unpaired) electrons. The summed E-state index contributed by atoms with van der Waals surface area (Å²) >= 11 is 0. The van der Waals surface area contributed by atoms with Crippen molar-refractivity contribution in [3.8, 4) is 0 Å². The minimum Gasteiger partial charge on any atom is -0.356 e. The van der Waals surface area contributed by atoms with Crippen molar-refractivity contribution in [3.63, 3.8) is 0 Å². The van der Waals surface area contributed by atoms with Crippen LogP contribution in [0.3, 0.4) is 0 Å². The smallest absolute Gasteiger partial charge is 0.101 e. The van der Waals surface area contributed by atoms with E-state index in [0.29, 0.717) is 6.17 Å². The molecule has 0 saturated carbocycles. The van der Waals surface area contributed by atoms with Crippen LogP contribution in [0, 0.1) is 0 Å². The first kappa shape index (κ1) is 23.4. The number of hydrogen-bond acceptors (Lipinski definition) is 2. The van der Waals surface area contributed by atoms with E-state index < -0.39 is 0 Å². The molecule has 0 spiro atoms. The zero-order valence-corrected chi connectivity index (χ0v) is 18.4. The minimum atomic E-state index is 0.639. The number of hydrogen-bond donors (Lipinski definition) is 0. The highest BCUT2D eigenvalue weighted by Gasteiger charge is 2.24. The van der Waals surface area contributed by atoms with Crippen molar-refractivity contribution in [2.24, 2.45) is 0 Å². The van der Waals surface area contributed by atoms with E-state index in [1.165, 1.54) is 116 Å². The Kier molecular flexibility index (Phi) is 14.8. The van der Waals surface area contributed by atoms with Crippen LogP contribution in [0.4, 0.5) is 0 Å². The fraction of sp³-hybridized carbons (Fsp3) is 0.917. The van der Waals surface area contributed by atoms with Gasteiger partial charge in [-0.25, -0.2) is 0 Å². The van der Waals surface area contributed by atoms with Crippen molar-refractivity contribution in [3.05, 3.63) is 12.4 Å². The first-order valence-corrected chi connectivity index (χ1v) is 12.0. The van der Waals surface area contributed by atoms with Crippen molar-refractivity contribution in [2.45, 2.75) is 130 Å². The monoisotopic (exact) mass is 364 g/mol. The van der Waals surface area contributed by atoms with E-state index in [4.69, 9.17) is 0 Å². The SMILES string of the molecule is CCCCCCCCCCN1C=CN(CCCCCCCC)C1CCC. The predicted molar refractivity (Wildman–Crippen MR) is 117 cm³/mol. The molecular formula is C24H48N2. The topological polar surface area (TPSA) is 6.48 Å². The zero-order valence-electron chi connectivity index (χ0n) is 18.4. The maximum atomic E-state index is 2.62. The highest BCUT2D eigenvalue weighted by atomic mass is 15.4. The Hall–Kier alpha value is -0.660. The van der Waals surface area contributed by atoms with Gasteiger partial charge in [0, 0.05) is 25.5 Å². The molecule has 154 valence electrons. The summed E-state index contributed by atoms with van der Waals surface area (Å²) in [6.45, 7) is 9.43. The lowest BCUT2D eigenvalue weighted by atomic mass is 10.1. The Labute approximate surface area is 165 Å². The van der Waals surface area contributed by atoms with Gasteiger partial charge < -0.3 is 9.80 Å². The average molecular weight is 365 g/mol. The van der Waals surface area contributed by atoms with Gasteiger partial charge in [-0.15, -0.1) is 0 Å². The third-order valence-corrected chi connectivity index (χ3v) is 5.80. The normalized spacial score (nSPS) is 16.8. The van der Waals surface area contributed by atoms with E-state index in [0.717, 1.165) is 0 Å². The molecule has 0 aromatic carbocycles. The van der Waals surface area contributed by atoms with Gasteiger partial charge in [0.1, 0.15) is 6.17 Å². The molecule has 0 aromatic rings. The van der Waals surface area contributed by atoms with Crippen LogP contribution in [0.25, 0.3) is 0 Å². The summed E-state index contributed by atoms with van der Waals surface area (Å²) < 4.78 is 0. The highest BCUT2D eigenvalue weighted by Crippen LogP contribution is 2.22. The molecule has 0 aromatic heterocycles. The van der Waals surface area contributed by atoms with Gasteiger partial charge in [0.05, 0.1) is 0 Å². The molecule has 0 saturated heterocycles. The number of rotatable bonds is 18. The van der Waals surface area contributed by atoms with Gasteiger partial charge in [-0.3, -0.25) is 0 Å². The molecule has 2 nitrogen and oxygen atoms in total. The minimum absolute atomic E-state index is 0.639. The largest absolute Gasteiger partial charge is 0.356 e. The molecule has 0 N–H and O–H groups in total. The van der Waals surface area contributed by atoms with Crippen LogP contribution in [0.5, 0.6) is 0 Å². The Morgan fingerprint density at radius 2 is 0.885 bits per heavy atom. The fourth-order valence-corrected chi connectivity index (χ4v) is 4.10. The molecule has 0 aliphatic carbocycles. The van der Waals surface area contributed by atoms with Crippen LogP contribution >= 0.6 is 0 Å². The molecule has 1 rings (SSSR count). The molecule has 2 heteroatoms. The average Bonchev–Trinajstić information content (AvgIpc) is 3.02. The first-order valence-electron chi connectivity index (χ1n) is 12.0. The van der Waals surface area contributed by atoms with E-state index in [-0.39, 0.29) is 0 Å². The Bertz CT molecular complexity index is 326. The molecule has 1 unspecified atom stereocenters. The van der Waals surface area contributed by atoms with Gasteiger partial charge >= 0.3 is 0 Å².